The van der Waals surface area contributed by atoms with Crippen molar-refractivity contribution in [2.75, 3.05) is 0 Å². The Bertz CT molecular complexity index is 516. The van der Waals surface area contributed by atoms with Crippen LogP contribution in [0.4, 0.5) is 0 Å². The van der Waals surface area contributed by atoms with Gasteiger partial charge in [-0.1, -0.05) is 80.1 Å². The SMILES string of the molecule is CC(C)C(=O)C1CCC1.CC(C)C(=O)C1CCCC1.CC(C)C(=O)C1CCCCC1. The number of hydrogen-bond acceptors (Lipinski definition) is 3. The molecule has 3 aliphatic rings. The molecule has 3 rings (SSSR count). The zero-order chi connectivity index (χ0) is 22.7. The first-order chi connectivity index (χ1) is 14.1. The van der Waals surface area contributed by atoms with Crippen LogP contribution < -0.4 is 0 Å². The van der Waals surface area contributed by atoms with Crippen LogP contribution in [0.1, 0.15) is 119 Å². The summed E-state index contributed by atoms with van der Waals surface area (Å²) in [7, 11) is 0. The average molecular weight is 421 g/mol. The van der Waals surface area contributed by atoms with Gasteiger partial charge in [0.2, 0.25) is 0 Å². The zero-order valence-electron chi connectivity index (χ0n) is 20.7. The molecule has 0 unspecified atom stereocenters. The van der Waals surface area contributed by atoms with Gasteiger partial charge in [0, 0.05) is 35.5 Å². The molecule has 0 radical (unpaired) electrons. The fourth-order valence-electron chi connectivity index (χ4n) is 4.70. The van der Waals surface area contributed by atoms with Crippen LogP contribution in [0.2, 0.25) is 0 Å². The number of carbonyl (C=O) groups is 3. The number of Topliss-reactive ketones (excluding diaryl/α,β-unsaturated/α-hetero) is 3. The first kappa shape index (κ1) is 27.0. The summed E-state index contributed by atoms with van der Waals surface area (Å²) in [6.45, 7) is 12.0. The fraction of sp³-hybridized carbons (Fsp3) is 0.889. The summed E-state index contributed by atoms with van der Waals surface area (Å²) >= 11 is 0. The van der Waals surface area contributed by atoms with Gasteiger partial charge in [0.05, 0.1) is 0 Å². The van der Waals surface area contributed by atoms with E-state index < -0.39 is 0 Å². The smallest absolute Gasteiger partial charge is 0.138 e. The third-order valence-corrected chi connectivity index (χ3v) is 6.98. The summed E-state index contributed by atoms with van der Waals surface area (Å²) < 4.78 is 0. The van der Waals surface area contributed by atoms with Crippen molar-refractivity contribution in [3.8, 4) is 0 Å². The van der Waals surface area contributed by atoms with Crippen molar-refractivity contribution in [2.24, 2.45) is 35.5 Å². The highest BCUT2D eigenvalue weighted by Gasteiger charge is 2.26. The lowest BCUT2D eigenvalue weighted by Crippen LogP contribution is -2.25. The summed E-state index contributed by atoms with van der Waals surface area (Å²) in [6, 6.07) is 0. The van der Waals surface area contributed by atoms with E-state index in [2.05, 4.69) is 0 Å². The van der Waals surface area contributed by atoms with Crippen molar-refractivity contribution < 1.29 is 14.4 Å². The van der Waals surface area contributed by atoms with Crippen LogP contribution in [0.3, 0.4) is 0 Å². The Balaban J connectivity index is 0.000000226. The molecule has 0 amide bonds. The Morgan fingerprint density at radius 3 is 0.867 bits per heavy atom. The second-order valence-electron chi connectivity index (χ2n) is 10.6. The van der Waals surface area contributed by atoms with E-state index in [0.717, 1.165) is 38.5 Å². The van der Waals surface area contributed by atoms with Crippen LogP contribution in [0.25, 0.3) is 0 Å². The van der Waals surface area contributed by atoms with E-state index >= 15 is 0 Å². The van der Waals surface area contributed by atoms with Gasteiger partial charge in [-0.05, 0) is 38.5 Å². The summed E-state index contributed by atoms with van der Waals surface area (Å²) in [5.41, 5.74) is 0. The van der Waals surface area contributed by atoms with Gasteiger partial charge >= 0.3 is 0 Å². The molecule has 3 saturated carbocycles. The van der Waals surface area contributed by atoms with Crippen molar-refractivity contribution in [3.05, 3.63) is 0 Å². The van der Waals surface area contributed by atoms with Gasteiger partial charge in [0.1, 0.15) is 17.3 Å². The number of carbonyl (C=O) groups excluding carboxylic acids is 3. The van der Waals surface area contributed by atoms with Gasteiger partial charge in [-0.3, -0.25) is 14.4 Å². The van der Waals surface area contributed by atoms with Crippen LogP contribution >= 0.6 is 0 Å². The third kappa shape index (κ3) is 9.43. The lowest BCUT2D eigenvalue weighted by atomic mass is 9.79. The van der Waals surface area contributed by atoms with E-state index in [-0.39, 0.29) is 17.8 Å². The molecule has 0 aliphatic heterocycles. The maximum Gasteiger partial charge on any atom is 0.138 e. The van der Waals surface area contributed by atoms with Crippen molar-refractivity contribution in [1.29, 1.82) is 0 Å². The highest BCUT2D eigenvalue weighted by atomic mass is 16.1. The second kappa shape index (κ2) is 14.1. The monoisotopic (exact) mass is 420 g/mol. The van der Waals surface area contributed by atoms with Crippen LogP contribution in [-0.4, -0.2) is 17.3 Å². The molecule has 3 nitrogen and oxygen atoms in total. The molecule has 3 aliphatic carbocycles. The van der Waals surface area contributed by atoms with Gasteiger partial charge in [0.25, 0.3) is 0 Å². The predicted octanol–water partition coefficient (Wildman–Crippen LogP) is 7.21. The maximum atomic E-state index is 11.5. The quantitative estimate of drug-likeness (QED) is 0.456. The number of ketones is 3. The molecule has 0 N–H and O–H groups in total. The van der Waals surface area contributed by atoms with E-state index in [1.807, 2.05) is 41.5 Å². The Kier molecular flexibility index (Phi) is 12.8. The van der Waals surface area contributed by atoms with Crippen LogP contribution in [0, 0.1) is 35.5 Å². The van der Waals surface area contributed by atoms with E-state index in [1.165, 1.54) is 38.5 Å². The first-order valence-corrected chi connectivity index (χ1v) is 12.8. The number of hydrogen-bond donors (Lipinski definition) is 0. The lowest BCUT2D eigenvalue weighted by molar-refractivity contribution is -0.128. The van der Waals surface area contributed by atoms with Crippen LogP contribution in [0.5, 0.6) is 0 Å². The summed E-state index contributed by atoms with van der Waals surface area (Å²) in [4.78, 5) is 34.0. The molecule has 0 aromatic carbocycles. The fourth-order valence-corrected chi connectivity index (χ4v) is 4.70. The molecular formula is C27H48O3. The molecule has 3 fully saturated rings. The highest BCUT2D eigenvalue weighted by Crippen LogP contribution is 2.29. The van der Waals surface area contributed by atoms with Gasteiger partial charge in [-0.15, -0.1) is 0 Å². The Morgan fingerprint density at radius 2 is 0.667 bits per heavy atom. The van der Waals surface area contributed by atoms with Gasteiger partial charge in [-0.25, -0.2) is 0 Å². The normalized spacial score (nSPS) is 20.3. The lowest BCUT2D eigenvalue weighted by Gasteiger charge is -2.25. The molecule has 3 heteroatoms. The highest BCUT2D eigenvalue weighted by molar-refractivity contribution is 5.83. The summed E-state index contributed by atoms with van der Waals surface area (Å²) in [6.07, 6.45) is 14.6. The van der Waals surface area contributed by atoms with Gasteiger partial charge < -0.3 is 0 Å². The van der Waals surface area contributed by atoms with E-state index in [9.17, 15) is 14.4 Å². The minimum atomic E-state index is 0.248. The van der Waals surface area contributed by atoms with E-state index in [1.54, 1.807) is 0 Å². The van der Waals surface area contributed by atoms with Gasteiger partial charge in [0.15, 0.2) is 0 Å². The van der Waals surface area contributed by atoms with Crippen LogP contribution in [0.15, 0.2) is 0 Å². The van der Waals surface area contributed by atoms with Gasteiger partial charge in [-0.2, -0.15) is 0 Å². The van der Waals surface area contributed by atoms with E-state index in [0.29, 0.717) is 35.1 Å². The van der Waals surface area contributed by atoms with Crippen molar-refractivity contribution in [2.45, 2.75) is 119 Å². The zero-order valence-corrected chi connectivity index (χ0v) is 20.7. The summed E-state index contributed by atoms with van der Waals surface area (Å²) in [5.74, 6) is 3.47. The largest absolute Gasteiger partial charge is 0.299 e. The first-order valence-electron chi connectivity index (χ1n) is 12.8. The Hall–Kier alpha value is -0.990. The molecule has 0 heterocycles. The minimum Gasteiger partial charge on any atom is -0.299 e. The molecule has 30 heavy (non-hydrogen) atoms. The Morgan fingerprint density at radius 1 is 0.433 bits per heavy atom. The molecule has 0 spiro atoms. The molecule has 0 saturated heterocycles. The van der Waals surface area contributed by atoms with Crippen molar-refractivity contribution in [1.82, 2.24) is 0 Å². The molecule has 0 aromatic rings. The van der Waals surface area contributed by atoms with E-state index in [4.69, 9.17) is 0 Å². The minimum absolute atomic E-state index is 0.248. The molecule has 174 valence electrons. The topological polar surface area (TPSA) is 51.2 Å². The molecule has 0 aromatic heterocycles. The van der Waals surface area contributed by atoms with Crippen LogP contribution in [-0.2, 0) is 14.4 Å². The molecule has 0 bridgehead atoms. The maximum absolute atomic E-state index is 11.5. The molecular weight excluding hydrogens is 372 g/mol. The van der Waals surface area contributed by atoms with Crippen molar-refractivity contribution in [3.63, 3.8) is 0 Å². The average Bonchev–Trinajstić information content (AvgIpc) is 3.21. The van der Waals surface area contributed by atoms with Crippen molar-refractivity contribution >= 4 is 17.3 Å². The number of rotatable bonds is 6. The Labute approximate surface area is 186 Å². The predicted molar refractivity (Wildman–Crippen MR) is 125 cm³/mol. The summed E-state index contributed by atoms with van der Waals surface area (Å²) in [5, 5.41) is 0. The second-order valence-corrected chi connectivity index (χ2v) is 10.6. The molecule has 0 atom stereocenters. The standard InChI is InChI=1S/C10H18O.C9H16O.C8H14O/c1-8(2)10(11)9-6-4-3-5-7-9;1-7(2)9(10)8-5-3-4-6-8;1-6(2)8(9)7-4-3-5-7/h8-9H,3-7H2,1-2H3;7-8H,3-6H2,1-2H3;6-7H,3-5H2,1-2H3. The third-order valence-electron chi connectivity index (χ3n) is 6.98.